The number of phosphoric ester groups is 1. The van der Waals surface area contributed by atoms with Crippen molar-refractivity contribution in [3.63, 3.8) is 0 Å². The molecule has 0 fully saturated rings. The van der Waals surface area contributed by atoms with Crippen LogP contribution in [-0.4, -0.2) is 32.5 Å². The molecule has 0 aliphatic rings. The molecule has 0 bridgehead atoms. The van der Waals surface area contributed by atoms with E-state index in [1.807, 2.05) is 6.92 Å². The number of hydrogen-bond acceptors (Lipinski definition) is 5. The Morgan fingerprint density at radius 1 is 0.667 bits per heavy atom. The molecule has 0 aromatic carbocycles. The number of unbranched alkanes of at least 4 members (excludes halogenated alkanes) is 14. The van der Waals surface area contributed by atoms with Gasteiger partial charge in [0.15, 0.2) is 0 Å². The first-order valence-electron chi connectivity index (χ1n) is 11.6. The lowest BCUT2D eigenvalue weighted by Crippen LogP contribution is -2.03. The van der Waals surface area contributed by atoms with Crippen LogP contribution in [-0.2, 0) is 18.0 Å². The number of rotatable bonds is 22. The standard InChI is InChI=1S/C20H44O8P2/c1-2-20(21)18-16-14-12-10-8-6-4-3-5-7-9-11-13-15-17-19-27-30(25,26)28-29(22,23)24/h20-21H,2-19H2,1H3,(H,25,26)(H2,22,23,24). The summed E-state index contributed by atoms with van der Waals surface area (Å²) in [5, 5.41) is 9.49. The highest BCUT2D eigenvalue weighted by molar-refractivity contribution is 7.60. The normalized spacial score (nSPS) is 15.2. The molecular weight excluding hydrogens is 430 g/mol. The van der Waals surface area contributed by atoms with Gasteiger partial charge in [0.2, 0.25) is 0 Å². The van der Waals surface area contributed by atoms with Crippen LogP contribution < -0.4 is 0 Å². The Morgan fingerprint density at radius 2 is 1.03 bits per heavy atom. The summed E-state index contributed by atoms with van der Waals surface area (Å²) in [6.45, 7) is 1.97. The van der Waals surface area contributed by atoms with Crippen LogP contribution in [0.5, 0.6) is 0 Å². The van der Waals surface area contributed by atoms with Gasteiger partial charge in [-0.25, -0.2) is 9.13 Å². The summed E-state index contributed by atoms with van der Waals surface area (Å²) in [6.07, 6.45) is 19.1. The summed E-state index contributed by atoms with van der Waals surface area (Å²) in [7, 11) is -9.71. The lowest BCUT2D eigenvalue weighted by molar-refractivity contribution is 0.156. The third kappa shape index (κ3) is 22.9. The number of aliphatic hydroxyl groups is 1. The quantitative estimate of drug-likeness (QED) is 0.107. The maximum Gasteiger partial charge on any atom is 0.481 e. The molecule has 0 heterocycles. The summed E-state index contributed by atoms with van der Waals surface area (Å²) >= 11 is 0. The topological polar surface area (TPSA) is 134 Å². The minimum absolute atomic E-state index is 0.0610. The molecule has 0 aromatic heterocycles. The molecule has 0 aliphatic heterocycles. The summed E-state index contributed by atoms with van der Waals surface area (Å²) < 4.78 is 30.0. The van der Waals surface area contributed by atoms with E-state index in [1.54, 1.807) is 0 Å². The number of hydrogen-bond donors (Lipinski definition) is 4. The van der Waals surface area contributed by atoms with E-state index < -0.39 is 15.6 Å². The molecule has 2 atom stereocenters. The minimum atomic E-state index is -5.03. The third-order valence-corrected chi connectivity index (χ3v) is 7.30. The monoisotopic (exact) mass is 474 g/mol. The Balaban J connectivity index is 3.25. The molecule has 182 valence electrons. The largest absolute Gasteiger partial charge is 0.481 e. The Kier molecular flexibility index (Phi) is 18.9. The van der Waals surface area contributed by atoms with Crippen LogP contribution in [0.3, 0.4) is 0 Å². The van der Waals surface area contributed by atoms with Gasteiger partial charge >= 0.3 is 15.6 Å². The van der Waals surface area contributed by atoms with E-state index in [9.17, 15) is 14.2 Å². The fraction of sp³-hybridized carbons (Fsp3) is 1.00. The van der Waals surface area contributed by atoms with Crippen LogP contribution in [0.15, 0.2) is 0 Å². The maximum absolute atomic E-state index is 11.2. The number of phosphoric acid groups is 2. The van der Waals surface area contributed by atoms with Crippen molar-refractivity contribution >= 4 is 15.6 Å². The molecule has 30 heavy (non-hydrogen) atoms. The van der Waals surface area contributed by atoms with Gasteiger partial charge in [0, 0.05) is 0 Å². The van der Waals surface area contributed by atoms with Gasteiger partial charge in [-0.3, -0.25) is 4.52 Å². The van der Waals surface area contributed by atoms with E-state index in [4.69, 9.17) is 14.7 Å². The second-order valence-corrected chi connectivity index (χ2v) is 10.9. The lowest BCUT2D eigenvalue weighted by atomic mass is 10.0. The Bertz CT molecular complexity index is 483. The highest BCUT2D eigenvalue weighted by Crippen LogP contribution is 2.57. The molecule has 8 nitrogen and oxygen atoms in total. The van der Waals surface area contributed by atoms with Crippen molar-refractivity contribution in [3.05, 3.63) is 0 Å². The van der Waals surface area contributed by atoms with Crippen molar-refractivity contribution in [1.82, 2.24) is 0 Å². The van der Waals surface area contributed by atoms with E-state index in [0.29, 0.717) is 6.42 Å². The van der Waals surface area contributed by atoms with E-state index in [2.05, 4.69) is 8.83 Å². The highest BCUT2D eigenvalue weighted by atomic mass is 31.3. The average molecular weight is 475 g/mol. The molecule has 0 aromatic rings. The van der Waals surface area contributed by atoms with Crippen LogP contribution in [0.2, 0.25) is 0 Å². The van der Waals surface area contributed by atoms with E-state index in [0.717, 1.165) is 38.5 Å². The zero-order valence-corrected chi connectivity index (χ0v) is 20.4. The van der Waals surface area contributed by atoms with Gasteiger partial charge in [-0.2, -0.15) is 4.31 Å². The summed E-state index contributed by atoms with van der Waals surface area (Å²) in [5.41, 5.74) is 0. The smallest absolute Gasteiger partial charge is 0.393 e. The first-order chi connectivity index (χ1) is 14.2. The van der Waals surface area contributed by atoms with Gasteiger partial charge in [-0.05, 0) is 19.3 Å². The van der Waals surface area contributed by atoms with Gasteiger partial charge in [-0.1, -0.05) is 96.8 Å². The molecule has 0 saturated carbocycles. The maximum atomic E-state index is 11.2. The van der Waals surface area contributed by atoms with Crippen LogP contribution in [0.4, 0.5) is 0 Å². The second kappa shape index (κ2) is 18.8. The van der Waals surface area contributed by atoms with Gasteiger partial charge in [0.25, 0.3) is 0 Å². The lowest BCUT2D eigenvalue weighted by Gasteiger charge is -2.12. The van der Waals surface area contributed by atoms with Crippen molar-refractivity contribution in [2.75, 3.05) is 6.61 Å². The highest BCUT2D eigenvalue weighted by Gasteiger charge is 2.31. The Morgan fingerprint density at radius 3 is 1.40 bits per heavy atom. The van der Waals surface area contributed by atoms with Crippen LogP contribution in [0.25, 0.3) is 0 Å². The predicted molar refractivity (Wildman–Crippen MR) is 119 cm³/mol. The van der Waals surface area contributed by atoms with Crippen LogP contribution >= 0.6 is 15.6 Å². The molecule has 0 amide bonds. The Labute approximate surface area is 182 Å². The molecule has 4 N–H and O–H groups in total. The van der Waals surface area contributed by atoms with Gasteiger partial charge in [0.1, 0.15) is 0 Å². The zero-order chi connectivity index (χ0) is 22.7. The molecule has 0 radical (unpaired) electrons. The molecular formula is C20H44O8P2. The van der Waals surface area contributed by atoms with Crippen molar-refractivity contribution in [3.8, 4) is 0 Å². The third-order valence-electron chi connectivity index (χ3n) is 5.12. The fourth-order valence-corrected chi connectivity index (χ4v) is 4.95. The van der Waals surface area contributed by atoms with Gasteiger partial charge in [0.05, 0.1) is 12.7 Å². The molecule has 0 spiro atoms. The van der Waals surface area contributed by atoms with Crippen molar-refractivity contribution in [2.24, 2.45) is 0 Å². The Hall–Kier alpha value is 0.220. The van der Waals surface area contributed by atoms with E-state index in [1.165, 1.54) is 64.2 Å². The molecule has 2 unspecified atom stereocenters. The predicted octanol–water partition coefficient (Wildman–Crippen LogP) is 6.23. The van der Waals surface area contributed by atoms with Crippen LogP contribution in [0.1, 0.15) is 116 Å². The first-order valence-corrected chi connectivity index (χ1v) is 14.6. The molecule has 0 saturated heterocycles. The molecule has 10 heteroatoms. The summed E-state index contributed by atoms with van der Waals surface area (Å²) in [5.74, 6) is 0. The van der Waals surface area contributed by atoms with Crippen molar-refractivity contribution in [2.45, 2.75) is 122 Å². The summed E-state index contributed by atoms with van der Waals surface area (Å²) in [6, 6.07) is 0. The fourth-order valence-electron chi connectivity index (χ4n) is 3.32. The SMILES string of the molecule is CCC(O)CCCCCCCCCCCCCCCCCOP(=O)(O)OP(=O)(O)O. The van der Waals surface area contributed by atoms with Gasteiger partial charge < -0.3 is 19.8 Å². The molecule has 0 aliphatic carbocycles. The van der Waals surface area contributed by atoms with E-state index >= 15 is 0 Å². The minimum Gasteiger partial charge on any atom is -0.393 e. The zero-order valence-electron chi connectivity index (χ0n) is 18.6. The average Bonchev–Trinajstić information content (AvgIpc) is 2.64. The number of aliphatic hydroxyl groups excluding tert-OH is 1. The summed E-state index contributed by atoms with van der Waals surface area (Å²) in [4.78, 5) is 26.1. The van der Waals surface area contributed by atoms with Crippen molar-refractivity contribution < 1.29 is 37.8 Å². The van der Waals surface area contributed by atoms with Crippen LogP contribution in [0, 0.1) is 0 Å². The second-order valence-electron chi connectivity index (χ2n) is 8.03. The van der Waals surface area contributed by atoms with Gasteiger partial charge in [-0.15, -0.1) is 0 Å². The van der Waals surface area contributed by atoms with Crippen molar-refractivity contribution in [1.29, 1.82) is 0 Å². The molecule has 0 rings (SSSR count). The van der Waals surface area contributed by atoms with E-state index in [-0.39, 0.29) is 12.7 Å². The first kappa shape index (κ1) is 30.2.